The minimum atomic E-state index is -0.884. The molecule has 106 valence electrons. The van der Waals surface area contributed by atoms with Crippen molar-refractivity contribution in [3.05, 3.63) is 30.6 Å². The Kier molecular flexibility index (Phi) is 4.14. The van der Waals surface area contributed by atoms with E-state index in [9.17, 15) is 4.79 Å². The molecule has 1 amide bonds. The number of anilines is 1. The van der Waals surface area contributed by atoms with Crippen LogP contribution in [-0.2, 0) is 4.79 Å². The van der Waals surface area contributed by atoms with Gasteiger partial charge in [-0.15, -0.1) is 0 Å². The molecule has 4 N–H and O–H groups in total. The first-order valence-electron chi connectivity index (χ1n) is 6.59. The molecule has 2 rings (SSSR count). The van der Waals surface area contributed by atoms with E-state index < -0.39 is 5.54 Å². The van der Waals surface area contributed by atoms with E-state index in [2.05, 4.69) is 20.5 Å². The first kappa shape index (κ1) is 14.2. The number of carbonyl (C=O) groups is 1. The van der Waals surface area contributed by atoms with E-state index in [-0.39, 0.29) is 5.91 Å². The van der Waals surface area contributed by atoms with E-state index in [1.165, 1.54) is 0 Å². The summed E-state index contributed by atoms with van der Waals surface area (Å²) < 4.78 is 0. The Bertz CT molecular complexity index is 576. The van der Waals surface area contributed by atoms with Crippen LogP contribution in [0.2, 0.25) is 0 Å². The van der Waals surface area contributed by atoms with Crippen molar-refractivity contribution in [2.75, 3.05) is 5.32 Å². The molecule has 2 heterocycles. The van der Waals surface area contributed by atoms with E-state index in [0.29, 0.717) is 12.2 Å². The molecule has 0 aliphatic carbocycles. The number of hydrogen-bond donors (Lipinski definition) is 3. The lowest BCUT2D eigenvalue weighted by Gasteiger charge is -2.21. The molecule has 0 spiro atoms. The van der Waals surface area contributed by atoms with Crippen LogP contribution >= 0.6 is 0 Å². The van der Waals surface area contributed by atoms with Crippen LogP contribution in [0.15, 0.2) is 30.6 Å². The Labute approximate surface area is 117 Å². The largest absolute Gasteiger partial charge is 0.318 e. The van der Waals surface area contributed by atoms with E-state index in [0.717, 1.165) is 17.7 Å². The van der Waals surface area contributed by atoms with Crippen molar-refractivity contribution < 1.29 is 4.79 Å². The summed E-state index contributed by atoms with van der Waals surface area (Å²) in [6.07, 6.45) is 4.88. The molecule has 1 unspecified atom stereocenters. The molecule has 20 heavy (non-hydrogen) atoms. The van der Waals surface area contributed by atoms with Gasteiger partial charge < -0.3 is 11.1 Å². The third kappa shape index (κ3) is 3.21. The number of amides is 1. The van der Waals surface area contributed by atoms with Gasteiger partial charge in [0.1, 0.15) is 0 Å². The maximum absolute atomic E-state index is 12.1. The predicted molar refractivity (Wildman–Crippen MR) is 77.9 cm³/mol. The molecule has 0 saturated carbocycles. The van der Waals surface area contributed by atoms with Gasteiger partial charge in [0.2, 0.25) is 5.91 Å². The zero-order chi connectivity index (χ0) is 14.6. The maximum atomic E-state index is 12.1. The minimum Gasteiger partial charge on any atom is -0.318 e. The zero-order valence-corrected chi connectivity index (χ0v) is 11.7. The standard InChI is InChI=1S/C14H19N5O/c1-3-6-14(2,15)13(20)17-12-9-11(18-19-12)10-4-7-16-8-5-10/h4-5,7-9H,3,6,15H2,1-2H3,(H2,17,18,19,20). The van der Waals surface area contributed by atoms with Crippen molar-refractivity contribution in [3.8, 4) is 11.3 Å². The SMILES string of the molecule is CCCC(C)(N)C(=O)Nc1cc(-c2ccncc2)[nH]n1. The number of aromatic nitrogens is 3. The monoisotopic (exact) mass is 273 g/mol. The van der Waals surface area contributed by atoms with Crippen LogP contribution in [0.1, 0.15) is 26.7 Å². The lowest BCUT2D eigenvalue weighted by molar-refractivity contribution is -0.120. The van der Waals surface area contributed by atoms with E-state index in [4.69, 9.17) is 5.73 Å². The summed E-state index contributed by atoms with van der Waals surface area (Å²) in [5.74, 6) is 0.238. The van der Waals surface area contributed by atoms with E-state index in [1.54, 1.807) is 25.4 Å². The molecule has 0 fully saturated rings. The van der Waals surface area contributed by atoms with Crippen molar-refractivity contribution in [1.29, 1.82) is 0 Å². The van der Waals surface area contributed by atoms with Gasteiger partial charge >= 0.3 is 0 Å². The van der Waals surface area contributed by atoms with Gasteiger partial charge in [0.05, 0.1) is 11.2 Å². The Balaban J connectivity index is 2.09. The van der Waals surface area contributed by atoms with Gasteiger partial charge in [0.25, 0.3) is 0 Å². The number of aromatic amines is 1. The van der Waals surface area contributed by atoms with Gasteiger partial charge in [0.15, 0.2) is 5.82 Å². The molecule has 0 aliphatic heterocycles. The van der Waals surface area contributed by atoms with Crippen molar-refractivity contribution in [3.63, 3.8) is 0 Å². The second kappa shape index (κ2) is 5.83. The van der Waals surface area contributed by atoms with Gasteiger partial charge in [-0.25, -0.2) is 0 Å². The smallest absolute Gasteiger partial charge is 0.245 e. The Morgan fingerprint density at radius 3 is 2.80 bits per heavy atom. The molecule has 0 radical (unpaired) electrons. The number of nitrogens with one attached hydrogen (secondary N) is 2. The molecule has 1 atom stereocenters. The van der Waals surface area contributed by atoms with Crippen LogP contribution in [0.4, 0.5) is 5.82 Å². The first-order chi connectivity index (χ1) is 9.53. The first-order valence-corrected chi connectivity index (χ1v) is 6.59. The molecule has 2 aromatic heterocycles. The van der Waals surface area contributed by atoms with Crippen molar-refractivity contribution in [2.45, 2.75) is 32.2 Å². The van der Waals surface area contributed by atoms with E-state index >= 15 is 0 Å². The van der Waals surface area contributed by atoms with Crippen LogP contribution in [-0.4, -0.2) is 26.6 Å². The molecule has 0 bridgehead atoms. The van der Waals surface area contributed by atoms with Crippen LogP contribution in [0.5, 0.6) is 0 Å². The number of H-pyrrole nitrogens is 1. The Morgan fingerprint density at radius 1 is 1.45 bits per heavy atom. The Hall–Kier alpha value is -2.21. The highest BCUT2D eigenvalue weighted by Crippen LogP contribution is 2.19. The van der Waals surface area contributed by atoms with Crippen molar-refractivity contribution in [2.24, 2.45) is 5.73 Å². The molecule has 6 heteroatoms. The molecular formula is C14H19N5O. The second-order valence-corrected chi connectivity index (χ2v) is 5.02. The topological polar surface area (TPSA) is 96.7 Å². The van der Waals surface area contributed by atoms with Gasteiger partial charge in [-0.2, -0.15) is 5.10 Å². The van der Waals surface area contributed by atoms with Crippen molar-refractivity contribution in [1.82, 2.24) is 15.2 Å². The fourth-order valence-electron chi connectivity index (χ4n) is 1.96. The summed E-state index contributed by atoms with van der Waals surface area (Å²) in [6, 6.07) is 5.50. The lowest BCUT2D eigenvalue weighted by Crippen LogP contribution is -2.48. The number of hydrogen-bond acceptors (Lipinski definition) is 4. The van der Waals surface area contributed by atoms with Crippen LogP contribution in [0, 0.1) is 0 Å². The van der Waals surface area contributed by atoms with Gasteiger partial charge in [0, 0.05) is 24.0 Å². The maximum Gasteiger partial charge on any atom is 0.245 e. The predicted octanol–water partition coefficient (Wildman–Crippen LogP) is 1.93. The second-order valence-electron chi connectivity index (χ2n) is 5.02. The summed E-state index contributed by atoms with van der Waals surface area (Å²) in [5.41, 5.74) is 6.87. The number of nitrogens with two attached hydrogens (primary N) is 1. The molecular weight excluding hydrogens is 254 g/mol. The number of rotatable bonds is 5. The average Bonchev–Trinajstić information content (AvgIpc) is 2.88. The fraction of sp³-hybridized carbons (Fsp3) is 0.357. The lowest BCUT2D eigenvalue weighted by atomic mass is 9.96. The third-order valence-corrected chi connectivity index (χ3v) is 3.10. The van der Waals surface area contributed by atoms with Crippen LogP contribution in [0.3, 0.4) is 0 Å². The highest BCUT2D eigenvalue weighted by Gasteiger charge is 2.27. The van der Waals surface area contributed by atoms with Gasteiger partial charge in [-0.3, -0.25) is 14.9 Å². The van der Waals surface area contributed by atoms with E-state index in [1.807, 2.05) is 19.1 Å². The minimum absolute atomic E-state index is 0.230. The molecule has 0 saturated heterocycles. The summed E-state index contributed by atoms with van der Waals surface area (Å²) in [4.78, 5) is 16.0. The third-order valence-electron chi connectivity index (χ3n) is 3.10. The number of nitrogens with zero attached hydrogens (tertiary/aromatic N) is 2. The molecule has 0 aromatic carbocycles. The Morgan fingerprint density at radius 2 is 2.15 bits per heavy atom. The highest BCUT2D eigenvalue weighted by atomic mass is 16.2. The zero-order valence-electron chi connectivity index (χ0n) is 11.7. The average molecular weight is 273 g/mol. The summed E-state index contributed by atoms with van der Waals surface area (Å²) in [6.45, 7) is 3.72. The molecule has 0 aliphatic rings. The normalized spacial score (nSPS) is 13.8. The van der Waals surface area contributed by atoms with Crippen LogP contribution < -0.4 is 11.1 Å². The quantitative estimate of drug-likeness (QED) is 0.775. The summed E-state index contributed by atoms with van der Waals surface area (Å²) in [7, 11) is 0. The van der Waals surface area contributed by atoms with Crippen LogP contribution in [0.25, 0.3) is 11.3 Å². The molecule has 2 aromatic rings. The van der Waals surface area contributed by atoms with Crippen molar-refractivity contribution >= 4 is 11.7 Å². The fourth-order valence-corrected chi connectivity index (χ4v) is 1.96. The van der Waals surface area contributed by atoms with Gasteiger partial charge in [-0.1, -0.05) is 13.3 Å². The number of pyridine rings is 1. The molecule has 6 nitrogen and oxygen atoms in total. The van der Waals surface area contributed by atoms with Gasteiger partial charge in [-0.05, 0) is 25.5 Å². The highest BCUT2D eigenvalue weighted by molar-refractivity contribution is 5.97. The summed E-state index contributed by atoms with van der Waals surface area (Å²) in [5, 5.41) is 9.69. The summed E-state index contributed by atoms with van der Waals surface area (Å²) >= 11 is 0. The number of carbonyl (C=O) groups excluding carboxylic acids is 1.